The van der Waals surface area contributed by atoms with Crippen LogP contribution < -0.4 is 5.32 Å². The van der Waals surface area contributed by atoms with Crippen LogP contribution in [-0.4, -0.2) is 11.8 Å². The van der Waals surface area contributed by atoms with Gasteiger partial charge in [-0.05, 0) is 43.0 Å². The van der Waals surface area contributed by atoms with E-state index in [-0.39, 0.29) is 17.6 Å². The van der Waals surface area contributed by atoms with Crippen molar-refractivity contribution in [1.82, 2.24) is 5.32 Å². The molecule has 1 aromatic rings. The molecule has 2 rings (SSSR count). The van der Waals surface area contributed by atoms with Crippen LogP contribution in [0, 0.1) is 19.7 Å². The maximum Gasteiger partial charge on any atom is 0.234 e. The summed E-state index contributed by atoms with van der Waals surface area (Å²) in [4.78, 5) is 22.7. The minimum atomic E-state index is -0.414. The first-order chi connectivity index (χ1) is 7.99. The summed E-state index contributed by atoms with van der Waals surface area (Å²) in [5, 5.41) is 2.29. The summed E-state index contributed by atoms with van der Waals surface area (Å²) in [5.74, 6) is -1.30. The average Bonchev–Trinajstić information content (AvgIpc) is 2.24. The van der Waals surface area contributed by atoms with Gasteiger partial charge in [-0.3, -0.25) is 14.9 Å². The lowest BCUT2D eigenvalue weighted by atomic mass is 9.87. The van der Waals surface area contributed by atoms with E-state index in [0.717, 1.165) is 5.56 Å². The van der Waals surface area contributed by atoms with Gasteiger partial charge in [0.2, 0.25) is 11.8 Å². The highest BCUT2D eigenvalue weighted by molar-refractivity contribution is 6.01. The van der Waals surface area contributed by atoms with Crippen molar-refractivity contribution in [3.8, 4) is 0 Å². The van der Waals surface area contributed by atoms with Gasteiger partial charge in [0.25, 0.3) is 0 Å². The lowest BCUT2D eigenvalue weighted by Gasteiger charge is -2.23. The monoisotopic (exact) mass is 235 g/mol. The van der Waals surface area contributed by atoms with Crippen molar-refractivity contribution in [2.75, 3.05) is 0 Å². The van der Waals surface area contributed by atoms with E-state index in [0.29, 0.717) is 24.0 Å². The number of carbonyl (C=O) groups is 2. The van der Waals surface area contributed by atoms with Crippen LogP contribution in [-0.2, 0) is 9.59 Å². The van der Waals surface area contributed by atoms with Crippen LogP contribution in [0.4, 0.5) is 4.39 Å². The van der Waals surface area contributed by atoms with Crippen molar-refractivity contribution >= 4 is 11.8 Å². The molecule has 0 aliphatic carbocycles. The van der Waals surface area contributed by atoms with Gasteiger partial charge in [0.05, 0.1) is 5.92 Å². The van der Waals surface area contributed by atoms with Gasteiger partial charge >= 0.3 is 0 Å². The minimum absolute atomic E-state index is 0.253. The van der Waals surface area contributed by atoms with Gasteiger partial charge in [0, 0.05) is 6.42 Å². The van der Waals surface area contributed by atoms with Crippen molar-refractivity contribution in [1.29, 1.82) is 0 Å². The second kappa shape index (κ2) is 4.28. The summed E-state index contributed by atoms with van der Waals surface area (Å²) in [6.07, 6.45) is 0.763. The van der Waals surface area contributed by atoms with Crippen LogP contribution >= 0.6 is 0 Å². The summed E-state index contributed by atoms with van der Waals surface area (Å²) in [5.41, 5.74) is 2.13. The molecule has 1 aromatic carbocycles. The van der Waals surface area contributed by atoms with Crippen LogP contribution in [0.2, 0.25) is 0 Å². The van der Waals surface area contributed by atoms with Gasteiger partial charge in [0.15, 0.2) is 0 Å². The molecule has 17 heavy (non-hydrogen) atoms. The SMILES string of the molecule is Cc1cc(C)c(C2CCC(=O)NC2=O)cc1F. The summed E-state index contributed by atoms with van der Waals surface area (Å²) in [6.45, 7) is 3.54. The van der Waals surface area contributed by atoms with Crippen molar-refractivity contribution in [3.05, 3.63) is 34.6 Å². The zero-order valence-corrected chi connectivity index (χ0v) is 9.84. The highest BCUT2D eigenvalue weighted by atomic mass is 19.1. The molecule has 1 unspecified atom stereocenters. The first kappa shape index (κ1) is 11.8. The Morgan fingerprint density at radius 2 is 1.94 bits per heavy atom. The molecule has 1 saturated heterocycles. The van der Waals surface area contributed by atoms with Crippen LogP contribution in [0.1, 0.15) is 35.4 Å². The molecule has 90 valence electrons. The molecule has 2 amide bonds. The van der Waals surface area contributed by atoms with Gasteiger partial charge in [0.1, 0.15) is 5.82 Å². The number of benzene rings is 1. The Balaban J connectivity index is 2.37. The van der Waals surface area contributed by atoms with E-state index in [4.69, 9.17) is 0 Å². The average molecular weight is 235 g/mol. The molecule has 0 spiro atoms. The largest absolute Gasteiger partial charge is 0.296 e. The normalized spacial score (nSPS) is 20.3. The molecule has 1 fully saturated rings. The molecular formula is C13H14FNO2. The first-order valence-electron chi connectivity index (χ1n) is 5.59. The van der Waals surface area contributed by atoms with Crippen LogP contribution in [0.3, 0.4) is 0 Å². The van der Waals surface area contributed by atoms with E-state index in [1.54, 1.807) is 13.0 Å². The summed E-state index contributed by atoms with van der Waals surface area (Å²) >= 11 is 0. The summed E-state index contributed by atoms with van der Waals surface area (Å²) in [6, 6.07) is 3.14. The molecular weight excluding hydrogens is 221 g/mol. The highest BCUT2D eigenvalue weighted by Gasteiger charge is 2.29. The van der Waals surface area contributed by atoms with E-state index in [9.17, 15) is 14.0 Å². The summed E-state index contributed by atoms with van der Waals surface area (Å²) in [7, 11) is 0. The Hall–Kier alpha value is -1.71. The number of halogens is 1. The number of hydrogen-bond donors (Lipinski definition) is 1. The third kappa shape index (κ3) is 2.20. The highest BCUT2D eigenvalue weighted by Crippen LogP contribution is 2.28. The van der Waals surface area contributed by atoms with Gasteiger partial charge < -0.3 is 0 Å². The number of nitrogens with one attached hydrogen (secondary N) is 1. The molecule has 1 heterocycles. The molecule has 1 atom stereocenters. The maximum absolute atomic E-state index is 13.5. The Bertz CT molecular complexity index is 496. The predicted molar refractivity (Wildman–Crippen MR) is 61.0 cm³/mol. The zero-order chi connectivity index (χ0) is 12.6. The van der Waals surface area contributed by atoms with Crippen LogP contribution in [0.25, 0.3) is 0 Å². The number of hydrogen-bond acceptors (Lipinski definition) is 2. The third-order valence-electron chi connectivity index (χ3n) is 3.16. The number of aryl methyl sites for hydroxylation is 2. The second-order valence-electron chi connectivity index (χ2n) is 4.46. The first-order valence-corrected chi connectivity index (χ1v) is 5.59. The van der Waals surface area contributed by atoms with Gasteiger partial charge in [-0.1, -0.05) is 6.07 Å². The van der Waals surface area contributed by atoms with Crippen LogP contribution in [0.15, 0.2) is 12.1 Å². The van der Waals surface area contributed by atoms with E-state index in [2.05, 4.69) is 5.32 Å². The quantitative estimate of drug-likeness (QED) is 0.756. The van der Waals surface area contributed by atoms with Crippen molar-refractivity contribution in [3.63, 3.8) is 0 Å². The molecule has 1 aliphatic rings. The molecule has 4 heteroatoms. The number of imide groups is 1. The van der Waals surface area contributed by atoms with Gasteiger partial charge in [-0.25, -0.2) is 4.39 Å². The lowest BCUT2D eigenvalue weighted by Crippen LogP contribution is -2.39. The van der Waals surface area contributed by atoms with E-state index >= 15 is 0 Å². The standard InChI is InChI=1S/C13H14FNO2/c1-7-5-8(2)11(14)6-10(7)9-3-4-12(16)15-13(9)17/h5-6,9H,3-4H2,1-2H3,(H,15,16,17). The van der Waals surface area contributed by atoms with Crippen molar-refractivity contribution < 1.29 is 14.0 Å². The Morgan fingerprint density at radius 1 is 1.24 bits per heavy atom. The molecule has 1 N–H and O–H groups in total. The van der Waals surface area contributed by atoms with Gasteiger partial charge in [-0.15, -0.1) is 0 Å². The van der Waals surface area contributed by atoms with E-state index < -0.39 is 5.92 Å². The topological polar surface area (TPSA) is 46.2 Å². The lowest BCUT2D eigenvalue weighted by molar-refractivity contribution is -0.134. The Labute approximate surface area is 99.0 Å². The molecule has 0 saturated carbocycles. The second-order valence-corrected chi connectivity index (χ2v) is 4.46. The summed E-state index contributed by atoms with van der Waals surface area (Å²) < 4.78 is 13.5. The molecule has 0 radical (unpaired) electrons. The number of piperidine rings is 1. The zero-order valence-electron chi connectivity index (χ0n) is 9.84. The van der Waals surface area contributed by atoms with Crippen molar-refractivity contribution in [2.45, 2.75) is 32.6 Å². The number of carbonyl (C=O) groups excluding carboxylic acids is 2. The smallest absolute Gasteiger partial charge is 0.234 e. The fourth-order valence-corrected chi connectivity index (χ4v) is 2.21. The van der Waals surface area contributed by atoms with Crippen molar-refractivity contribution in [2.24, 2.45) is 0 Å². The Kier molecular flexibility index (Phi) is 2.96. The number of amides is 2. The molecule has 0 bridgehead atoms. The molecule has 3 nitrogen and oxygen atoms in total. The van der Waals surface area contributed by atoms with Gasteiger partial charge in [-0.2, -0.15) is 0 Å². The fraction of sp³-hybridized carbons (Fsp3) is 0.385. The van der Waals surface area contributed by atoms with Crippen LogP contribution in [0.5, 0.6) is 0 Å². The fourth-order valence-electron chi connectivity index (χ4n) is 2.21. The minimum Gasteiger partial charge on any atom is -0.296 e. The maximum atomic E-state index is 13.5. The Morgan fingerprint density at radius 3 is 2.59 bits per heavy atom. The predicted octanol–water partition coefficient (Wildman–Crippen LogP) is 1.96. The van der Waals surface area contributed by atoms with E-state index in [1.807, 2.05) is 6.92 Å². The van der Waals surface area contributed by atoms with E-state index in [1.165, 1.54) is 6.07 Å². The third-order valence-corrected chi connectivity index (χ3v) is 3.16. The molecule has 1 aliphatic heterocycles. The number of rotatable bonds is 1. The molecule has 0 aromatic heterocycles.